The summed E-state index contributed by atoms with van der Waals surface area (Å²) in [6.07, 6.45) is 0. The van der Waals surface area contributed by atoms with Crippen LogP contribution in [0.5, 0.6) is 0 Å². The van der Waals surface area contributed by atoms with Crippen LogP contribution in [0.15, 0.2) is 28.9 Å². The minimum atomic E-state index is 0.643. The van der Waals surface area contributed by atoms with Crippen molar-refractivity contribution in [1.29, 1.82) is 0 Å². The molecule has 2 aromatic rings. The van der Waals surface area contributed by atoms with Crippen molar-refractivity contribution < 1.29 is 0 Å². The molecule has 4 nitrogen and oxygen atoms in total. The first kappa shape index (κ1) is 16.0. The van der Waals surface area contributed by atoms with Gasteiger partial charge in [0, 0.05) is 11.4 Å². The standard InChI is InChI=1S/C9H10N2.C6H7BrN2/c1-3-4-9-8(10)6-5-7(2)11-9;1-4-2-3-5(8)6(7)9-4/h5-6H,10H2,1-2H3;2-3H,8H2,1H3. The van der Waals surface area contributed by atoms with Gasteiger partial charge in [0.2, 0.25) is 0 Å². The fourth-order valence-corrected chi connectivity index (χ4v) is 1.73. The van der Waals surface area contributed by atoms with Gasteiger partial charge in [0.1, 0.15) is 10.3 Å². The third-order valence-electron chi connectivity index (χ3n) is 2.33. The van der Waals surface area contributed by atoms with Gasteiger partial charge in [-0.15, -0.1) is 0 Å². The number of hydrogen-bond acceptors (Lipinski definition) is 4. The number of halogens is 1. The predicted molar refractivity (Wildman–Crippen MR) is 87.0 cm³/mol. The summed E-state index contributed by atoms with van der Waals surface area (Å²) in [5, 5.41) is 0. The Bertz CT molecular complexity index is 657. The average Bonchev–Trinajstić information content (AvgIpc) is 2.40. The molecular weight excluding hydrogens is 316 g/mol. The van der Waals surface area contributed by atoms with E-state index >= 15 is 0 Å². The number of rotatable bonds is 0. The summed E-state index contributed by atoms with van der Waals surface area (Å²) >= 11 is 3.21. The smallest absolute Gasteiger partial charge is 0.136 e. The maximum absolute atomic E-state index is 5.61. The third-order valence-corrected chi connectivity index (χ3v) is 2.96. The monoisotopic (exact) mass is 332 g/mol. The first-order valence-corrected chi connectivity index (χ1v) is 6.78. The van der Waals surface area contributed by atoms with Crippen LogP contribution in [0.25, 0.3) is 0 Å². The van der Waals surface area contributed by atoms with Gasteiger partial charge in [-0.2, -0.15) is 0 Å². The summed E-state index contributed by atoms with van der Waals surface area (Å²) in [5.41, 5.74) is 15.0. The van der Waals surface area contributed by atoms with E-state index in [1.807, 2.05) is 38.1 Å². The third kappa shape index (κ3) is 4.90. The van der Waals surface area contributed by atoms with Crippen molar-refractivity contribution in [2.45, 2.75) is 20.8 Å². The Hall–Kier alpha value is -2.06. The lowest BCUT2D eigenvalue weighted by atomic mass is 10.2. The molecule has 5 heteroatoms. The molecule has 2 heterocycles. The Labute approximate surface area is 127 Å². The first-order valence-electron chi connectivity index (χ1n) is 5.98. The van der Waals surface area contributed by atoms with Gasteiger partial charge >= 0.3 is 0 Å². The van der Waals surface area contributed by atoms with E-state index in [2.05, 4.69) is 37.7 Å². The van der Waals surface area contributed by atoms with E-state index in [4.69, 9.17) is 11.5 Å². The lowest BCUT2D eigenvalue weighted by molar-refractivity contribution is 1.17. The number of pyridine rings is 2. The van der Waals surface area contributed by atoms with Crippen LogP contribution in [0.2, 0.25) is 0 Å². The second-order valence-corrected chi connectivity index (χ2v) is 4.85. The molecule has 0 saturated carbocycles. The van der Waals surface area contributed by atoms with Crippen molar-refractivity contribution in [1.82, 2.24) is 9.97 Å². The molecule has 0 bridgehead atoms. The zero-order valence-corrected chi connectivity index (χ0v) is 13.3. The van der Waals surface area contributed by atoms with Crippen molar-refractivity contribution in [3.63, 3.8) is 0 Å². The van der Waals surface area contributed by atoms with E-state index in [9.17, 15) is 0 Å². The Morgan fingerprint density at radius 1 is 0.950 bits per heavy atom. The molecule has 0 spiro atoms. The molecule has 104 valence electrons. The van der Waals surface area contributed by atoms with Gasteiger partial charge in [0.25, 0.3) is 0 Å². The van der Waals surface area contributed by atoms with Crippen molar-refractivity contribution in [3.05, 3.63) is 46.0 Å². The molecule has 0 amide bonds. The van der Waals surface area contributed by atoms with Crippen LogP contribution in [0.3, 0.4) is 0 Å². The van der Waals surface area contributed by atoms with Gasteiger partial charge in [0.15, 0.2) is 0 Å². The molecule has 20 heavy (non-hydrogen) atoms. The summed E-state index contributed by atoms with van der Waals surface area (Å²) in [6.45, 7) is 5.61. The fourth-order valence-electron chi connectivity index (χ4n) is 1.32. The number of aryl methyl sites for hydroxylation is 2. The molecule has 2 aromatic heterocycles. The quantitative estimate of drug-likeness (QED) is 0.574. The topological polar surface area (TPSA) is 77.8 Å². The molecule has 0 aliphatic carbocycles. The highest BCUT2D eigenvalue weighted by Crippen LogP contribution is 2.15. The van der Waals surface area contributed by atoms with Crippen molar-refractivity contribution in [2.24, 2.45) is 0 Å². The largest absolute Gasteiger partial charge is 0.397 e. The molecule has 0 unspecified atom stereocenters. The van der Waals surface area contributed by atoms with Crippen LogP contribution >= 0.6 is 15.9 Å². The molecule has 0 fully saturated rings. The number of anilines is 2. The maximum atomic E-state index is 5.61. The van der Waals surface area contributed by atoms with Crippen LogP contribution in [0, 0.1) is 25.7 Å². The molecule has 2 rings (SSSR count). The van der Waals surface area contributed by atoms with Crippen molar-refractivity contribution in [3.8, 4) is 11.8 Å². The van der Waals surface area contributed by atoms with Gasteiger partial charge in [-0.05, 0) is 66.9 Å². The minimum Gasteiger partial charge on any atom is -0.397 e. The van der Waals surface area contributed by atoms with Crippen LogP contribution in [0.1, 0.15) is 24.0 Å². The predicted octanol–water partition coefficient (Wildman–Crippen LogP) is 3.08. The second kappa shape index (κ2) is 7.51. The molecular formula is C15H17BrN4. The summed E-state index contributed by atoms with van der Waals surface area (Å²) in [6, 6.07) is 7.39. The van der Waals surface area contributed by atoms with E-state index in [0.29, 0.717) is 17.1 Å². The lowest BCUT2D eigenvalue weighted by Crippen LogP contribution is -1.94. The molecule has 0 aliphatic rings. The average molecular weight is 333 g/mol. The highest BCUT2D eigenvalue weighted by Gasteiger charge is 1.95. The zero-order valence-electron chi connectivity index (χ0n) is 11.7. The van der Waals surface area contributed by atoms with Crippen molar-refractivity contribution in [2.75, 3.05) is 11.5 Å². The molecule has 0 radical (unpaired) electrons. The van der Waals surface area contributed by atoms with E-state index in [0.717, 1.165) is 16.0 Å². The highest BCUT2D eigenvalue weighted by molar-refractivity contribution is 9.10. The zero-order chi connectivity index (χ0) is 15.1. The van der Waals surface area contributed by atoms with Gasteiger partial charge in [-0.3, -0.25) is 0 Å². The Morgan fingerprint density at radius 3 is 2.00 bits per heavy atom. The van der Waals surface area contributed by atoms with E-state index in [1.165, 1.54) is 0 Å². The van der Waals surface area contributed by atoms with Gasteiger partial charge in [-0.25, -0.2) is 9.97 Å². The van der Waals surface area contributed by atoms with Crippen LogP contribution in [0.4, 0.5) is 11.4 Å². The van der Waals surface area contributed by atoms with E-state index < -0.39 is 0 Å². The number of hydrogen-bond donors (Lipinski definition) is 2. The first-order chi connectivity index (χ1) is 9.43. The normalized spacial score (nSPS) is 9.00. The van der Waals surface area contributed by atoms with Crippen LogP contribution in [-0.4, -0.2) is 9.97 Å². The number of nitrogens with zero attached hydrogens (tertiary/aromatic N) is 2. The van der Waals surface area contributed by atoms with E-state index in [-0.39, 0.29) is 0 Å². The molecule has 0 atom stereocenters. The Morgan fingerprint density at radius 2 is 1.50 bits per heavy atom. The molecule has 0 saturated heterocycles. The number of aromatic nitrogens is 2. The van der Waals surface area contributed by atoms with Crippen molar-refractivity contribution >= 4 is 27.3 Å². The second-order valence-electron chi connectivity index (χ2n) is 4.10. The summed E-state index contributed by atoms with van der Waals surface area (Å²) in [4.78, 5) is 8.23. The molecule has 0 aliphatic heterocycles. The van der Waals surface area contributed by atoms with Crippen LogP contribution < -0.4 is 11.5 Å². The summed E-state index contributed by atoms with van der Waals surface area (Å²) in [5.74, 6) is 5.59. The highest BCUT2D eigenvalue weighted by atomic mass is 79.9. The van der Waals surface area contributed by atoms with Gasteiger partial charge in [0.05, 0.1) is 11.4 Å². The molecule has 0 aromatic carbocycles. The van der Waals surface area contributed by atoms with Gasteiger partial charge in [-0.1, -0.05) is 5.92 Å². The minimum absolute atomic E-state index is 0.643. The van der Waals surface area contributed by atoms with Crippen LogP contribution in [-0.2, 0) is 0 Å². The summed E-state index contributed by atoms with van der Waals surface area (Å²) < 4.78 is 0.725. The Kier molecular flexibility index (Phi) is 6.01. The summed E-state index contributed by atoms with van der Waals surface area (Å²) in [7, 11) is 0. The van der Waals surface area contributed by atoms with Gasteiger partial charge < -0.3 is 11.5 Å². The maximum Gasteiger partial charge on any atom is 0.136 e. The fraction of sp³-hybridized carbons (Fsp3) is 0.200. The molecule has 4 N–H and O–H groups in total. The SMILES string of the molecule is CC#Cc1nc(C)ccc1N.Cc1ccc(N)c(Br)n1. The number of nitrogen functional groups attached to an aromatic ring is 2. The Balaban J connectivity index is 0.000000204. The number of nitrogens with two attached hydrogens (primary N) is 2. The van der Waals surface area contributed by atoms with E-state index in [1.54, 1.807) is 6.92 Å². The lowest BCUT2D eigenvalue weighted by Gasteiger charge is -1.97.